The minimum atomic E-state index is -0.413. The summed E-state index contributed by atoms with van der Waals surface area (Å²) in [5.74, 6) is -0.413. The van der Waals surface area contributed by atoms with Crippen LogP contribution in [0.2, 0.25) is 5.02 Å². The van der Waals surface area contributed by atoms with Crippen molar-refractivity contribution in [2.45, 2.75) is 32.6 Å². The Balaban J connectivity index is 2.14. The highest BCUT2D eigenvalue weighted by Gasteiger charge is 2.02. The van der Waals surface area contributed by atoms with Crippen molar-refractivity contribution in [2.24, 2.45) is 5.16 Å². The molecule has 4 nitrogen and oxygen atoms in total. The van der Waals surface area contributed by atoms with E-state index >= 15 is 0 Å². The van der Waals surface area contributed by atoms with Gasteiger partial charge in [0.2, 0.25) is 6.61 Å². The number of hydrogen-bond acceptors (Lipinski definition) is 4. The second kappa shape index (κ2) is 10.3. The number of ether oxygens (including phenoxy) is 1. The predicted octanol–water partition coefficient (Wildman–Crippen LogP) is 3.61. The summed E-state index contributed by atoms with van der Waals surface area (Å²) in [6, 6.07) is 7.96. The summed E-state index contributed by atoms with van der Waals surface area (Å²) in [5.41, 5.74) is 0.682. The Morgan fingerprint density at radius 2 is 2.30 bits per heavy atom. The molecule has 0 bridgehead atoms. The summed E-state index contributed by atoms with van der Waals surface area (Å²) in [4.78, 5) is 16.2. The third-order valence-corrected chi connectivity index (χ3v) is 2.89. The van der Waals surface area contributed by atoms with Gasteiger partial charge < -0.3 is 9.57 Å². The summed E-state index contributed by atoms with van der Waals surface area (Å²) in [6.45, 7) is 2.37. The maximum absolute atomic E-state index is 11.3. The van der Waals surface area contributed by atoms with Crippen LogP contribution in [-0.2, 0) is 14.4 Å². The molecule has 0 aliphatic carbocycles. The van der Waals surface area contributed by atoms with E-state index in [1.807, 2.05) is 0 Å². The number of benzene rings is 1. The Morgan fingerprint density at radius 1 is 1.45 bits per heavy atom. The number of esters is 1. The molecular weight excluding hydrogens is 278 g/mol. The van der Waals surface area contributed by atoms with Gasteiger partial charge in [-0.15, -0.1) is 0 Å². The number of halogens is 1. The van der Waals surface area contributed by atoms with E-state index < -0.39 is 5.97 Å². The van der Waals surface area contributed by atoms with Gasteiger partial charge in [0.25, 0.3) is 0 Å². The van der Waals surface area contributed by atoms with E-state index in [0.29, 0.717) is 17.2 Å². The van der Waals surface area contributed by atoms with Crippen LogP contribution in [0.1, 0.15) is 38.2 Å². The lowest BCUT2D eigenvalue weighted by Crippen LogP contribution is -2.11. The minimum absolute atomic E-state index is 0.196. The fourth-order valence-corrected chi connectivity index (χ4v) is 1.63. The van der Waals surface area contributed by atoms with Gasteiger partial charge in [-0.05, 0) is 24.6 Å². The molecule has 0 saturated heterocycles. The lowest BCUT2D eigenvalue weighted by Gasteiger charge is -2.03. The van der Waals surface area contributed by atoms with E-state index in [0.717, 1.165) is 25.7 Å². The first-order valence-electron chi connectivity index (χ1n) is 6.70. The fourth-order valence-electron chi connectivity index (χ4n) is 1.46. The van der Waals surface area contributed by atoms with Gasteiger partial charge in [0.05, 0.1) is 12.8 Å². The summed E-state index contributed by atoms with van der Waals surface area (Å²) >= 11 is 5.92. The first kappa shape index (κ1) is 16.5. The van der Waals surface area contributed by atoms with Gasteiger partial charge in [0, 0.05) is 10.6 Å². The monoisotopic (exact) mass is 296 g/mol. The van der Waals surface area contributed by atoms with E-state index in [4.69, 9.17) is 21.2 Å². The normalized spacial score (nSPS) is 10.7. The average molecular weight is 297 g/mol. The highest BCUT2D eigenvalue weighted by Crippen LogP contribution is 2.11. The molecule has 1 radical (unpaired) electrons. The molecule has 0 aromatic heterocycles. The van der Waals surface area contributed by atoms with Crippen LogP contribution < -0.4 is 0 Å². The molecule has 0 unspecified atom stereocenters. The Kier molecular flexibility index (Phi) is 8.47. The number of nitrogens with zero attached hydrogens (tertiary/aromatic N) is 1. The lowest BCUT2D eigenvalue weighted by molar-refractivity contribution is -0.149. The van der Waals surface area contributed by atoms with Crippen molar-refractivity contribution in [2.75, 3.05) is 13.2 Å². The van der Waals surface area contributed by atoms with Gasteiger partial charge in [-0.1, -0.05) is 49.0 Å². The molecule has 0 atom stereocenters. The van der Waals surface area contributed by atoms with Crippen molar-refractivity contribution in [1.29, 1.82) is 0 Å². The van der Waals surface area contributed by atoms with Crippen LogP contribution in [-0.4, -0.2) is 25.4 Å². The largest absolute Gasteiger partial charge is 0.463 e. The number of oxime groups is 1. The molecule has 5 heteroatoms. The molecule has 1 rings (SSSR count). The molecule has 20 heavy (non-hydrogen) atoms. The van der Waals surface area contributed by atoms with E-state index in [-0.39, 0.29) is 6.61 Å². The minimum Gasteiger partial charge on any atom is -0.463 e. The quantitative estimate of drug-likeness (QED) is 0.303. The number of unbranched alkanes of at least 4 members (excludes halogenated alkanes) is 3. The van der Waals surface area contributed by atoms with Gasteiger partial charge in [0.1, 0.15) is 0 Å². The number of rotatable bonds is 9. The van der Waals surface area contributed by atoms with Crippen molar-refractivity contribution < 1.29 is 14.4 Å². The summed E-state index contributed by atoms with van der Waals surface area (Å²) in [5, 5.41) is 4.22. The van der Waals surface area contributed by atoms with Crippen LogP contribution in [0, 0.1) is 6.07 Å². The van der Waals surface area contributed by atoms with E-state index in [9.17, 15) is 4.79 Å². The summed E-state index contributed by atoms with van der Waals surface area (Å²) in [7, 11) is 0. The summed E-state index contributed by atoms with van der Waals surface area (Å²) < 4.78 is 4.99. The molecule has 1 aromatic carbocycles. The number of carbonyl (C=O) groups excluding carboxylic acids is 1. The van der Waals surface area contributed by atoms with Crippen molar-refractivity contribution in [3.63, 3.8) is 0 Å². The maximum Gasteiger partial charge on any atom is 0.347 e. The van der Waals surface area contributed by atoms with Gasteiger partial charge in [0.15, 0.2) is 0 Å². The smallest absolute Gasteiger partial charge is 0.347 e. The Hall–Kier alpha value is -1.55. The predicted molar refractivity (Wildman–Crippen MR) is 78.9 cm³/mol. The van der Waals surface area contributed by atoms with Crippen molar-refractivity contribution in [3.05, 3.63) is 34.9 Å². The van der Waals surface area contributed by atoms with Crippen LogP contribution in [0.5, 0.6) is 0 Å². The molecular formula is C15H19ClNO3. The van der Waals surface area contributed by atoms with E-state index in [1.165, 1.54) is 6.21 Å². The third-order valence-electron chi connectivity index (χ3n) is 2.55. The highest BCUT2D eigenvalue weighted by molar-refractivity contribution is 6.33. The van der Waals surface area contributed by atoms with Crippen LogP contribution >= 0.6 is 11.6 Å². The van der Waals surface area contributed by atoms with Crippen molar-refractivity contribution >= 4 is 23.8 Å². The SMILES string of the molecule is CCCCCCOC(=O)CON=Cc1c[c]ccc1Cl. The second-order valence-electron chi connectivity index (χ2n) is 4.24. The van der Waals surface area contributed by atoms with Crippen molar-refractivity contribution in [1.82, 2.24) is 0 Å². The molecule has 0 fully saturated rings. The lowest BCUT2D eigenvalue weighted by atomic mass is 10.2. The van der Waals surface area contributed by atoms with Gasteiger partial charge in [-0.25, -0.2) is 4.79 Å². The molecule has 0 saturated carbocycles. The Bertz CT molecular complexity index is 435. The molecule has 0 aliphatic rings. The van der Waals surface area contributed by atoms with Crippen LogP contribution in [0.25, 0.3) is 0 Å². The molecule has 0 N–H and O–H groups in total. The van der Waals surface area contributed by atoms with Crippen LogP contribution in [0.4, 0.5) is 0 Å². The average Bonchev–Trinajstić information content (AvgIpc) is 2.45. The molecule has 1 aromatic rings. The van der Waals surface area contributed by atoms with Crippen LogP contribution in [0.3, 0.4) is 0 Å². The van der Waals surface area contributed by atoms with Crippen LogP contribution in [0.15, 0.2) is 23.4 Å². The Labute approximate surface area is 124 Å². The second-order valence-corrected chi connectivity index (χ2v) is 4.64. The van der Waals surface area contributed by atoms with E-state index in [1.54, 1.807) is 18.2 Å². The molecule has 0 heterocycles. The number of hydrogen-bond donors (Lipinski definition) is 0. The van der Waals surface area contributed by atoms with Gasteiger partial charge in [-0.2, -0.15) is 0 Å². The molecule has 0 spiro atoms. The van der Waals surface area contributed by atoms with Crippen molar-refractivity contribution in [3.8, 4) is 0 Å². The topological polar surface area (TPSA) is 47.9 Å². The zero-order valence-corrected chi connectivity index (χ0v) is 12.4. The zero-order chi connectivity index (χ0) is 14.6. The Morgan fingerprint density at radius 3 is 3.05 bits per heavy atom. The summed E-state index contributed by atoms with van der Waals surface area (Å²) in [6.07, 6.45) is 5.72. The highest BCUT2D eigenvalue weighted by atomic mass is 35.5. The standard InChI is InChI=1S/C15H19ClNO3/c1-2-3-4-7-10-19-15(18)12-20-17-11-13-8-5-6-9-14(13)16/h6,8-9,11H,2-4,7,10,12H2,1H3. The first-order chi connectivity index (χ1) is 9.74. The first-order valence-corrected chi connectivity index (χ1v) is 7.08. The molecule has 109 valence electrons. The zero-order valence-electron chi connectivity index (χ0n) is 11.6. The van der Waals surface area contributed by atoms with Gasteiger partial charge in [-0.3, -0.25) is 0 Å². The third kappa shape index (κ3) is 7.14. The van der Waals surface area contributed by atoms with Gasteiger partial charge >= 0.3 is 5.97 Å². The maximum atomic E-state index is 11.3. The molecule has 0 amide bonds. The number of carbonyl (C=O) groups is 1. The fraction of sp³-hybridized carbons (Fsp3) is 0.467. The molecule has 0 aliphatic heterocycles. The van der Waals surface area contributed by atoms with E-state index in [2.05, 4.69) is 18.1 Å².